The number of nitrogens with one attached hydrogen (secondary N) is 1. The first-order chi connectivity index (χ1) is 9.09. The molecule has 3 heteroatoms. The molecule has 0 heterocycles. The normalized spacial score (nSPS) is 27.5. The zero-order chi connectivity index (χ0) is 13.9. The maximum absolute atomic E-state index is 10.0. The molecule has 2 unspecified atom stereocenters. The van der Waals surface area contributed by atoms with E-state index in [1.165, 1.54) is 19.3 Å². The zero-order valence-electron chi connectivity index (χ0n) is 11.8. The highest BCUT2D eigenvalue weighted by Gasteiger charge is 2.41. The van der Waals surface area contributed by atoms with Crippen LogP contribution in [0.2, 0.25) is 0 Å². The van der Waals surface area contributed by atoms with Gasteiger partial charge in [-0.25, -0.2) is 0 Å². The number of aliphatic hydroxyl groups is 1. The first-order valence-electron chi connectivity index (χ1n) is 7.22. The van der Waals surface area contributed by atoms with Gasteiger partial charge in [0.1, 0.15) is 0 Å². The molecule has 1 saturated carbocycles. The third kappa shape index (κ3) is 3.14. The van der Waals surface area contributed by atoms with E-state index in [0.29, 0.717) is 11.8 Å². The first-order valence-corrected chi connectivity index (χ1v) is 8.02. The minimum Gasteiger partial charge on any atom is -0.394 e. The van der Waals surface area contributed by atoms with Gasteiger partial charge in [0.05, 0.1) is 12.1 Å². The van der Waals surface area contributed by atoms with Crippen LogP contribution >= 0.6 is 15.9 Å². The molecule has 2 rings (SSSR count). The standard InChI is InChI=1S/C16H24BrNO/c1-12(2)13-7-5-6-10-16(13,11-19)18-15-9-4-3-8-14(15)17/h3-4,8-9,12-13,18-19H,5-7,10-11H2,1-2H3. The van der Waals surface area contributed by atoms with Crippen LogP contribution in [-0.4, -0.2) is 17.3 Å². The number of anilines is 1. The molecule has 2 N–H and O–H groups in total. The summed E-state index contributed by atoms with van der Waals surface area (Å²) in [6, 6.07) is 8.17. The maximum atomic E-state index is 10.0. The van der Waals surface area contributed by atoms with Crippen LogP contribution in [0, 0.1) is 11.8 Å². The molecule has 0 aromatic heterocycles. The van der Waals surface area contributed by atoms with Gasteiger partial charge in [0.15, 0.2) is 0 Å². The summed E-state index contributed by atoms with van der Waals surface area (Å²) in [6.07, 6.45) is 4.73. The lowest BCUT2D eigenvalue weighted by molar-refractivity contribution is 0.0897. The highest BCUT2D eigenvalue weighted by molar-refractivity contribution is 9.10. The number of para-hydroxylation sites is 1. The molecular formula is C16H24BrNO. The molecule has 2 nitrogen and oxygen atoms in total. The van der Waals surface area contributed by atoms with E-state index in [9.17, 15) is 5.11 Å². The van der Waals surface area contributed by atoms with Gasteiger partial charge in [-0.3, -0.25) is 0 Å². The summed E-state index contributed by atoms with van der Waals surface area (Å²) in [5, 5.41) is 13.7. The zero-order valence-corrected chi connectivity index (χ0v) is 13.4. The third-order valence-electron chi connectivity index (χ3n) is 4.44. The Balaban J connectivity index is 2.28. The summed E-state index contributed by atoms with van der Waals surface area (Å²) in [4.78, 5) is 0. The summed E-state index contributed by atoms with van der Waals surface area (Å²) in [7, 11) is 0. The molecular weight excluding hydrogens is 302 g/mol. The van der Waals surface area contributed by atoms with Gasteiger partial charge >= 0.3 is 0 Å². The molecule has 0 saturated heterocycles. The maximum Gasteiger partial charge on any atom is 0.0664 e. The molecule has 0 bridgehead atoms. The Kier molecular flexibility index (Phi) is 4.91. The van der Waals surface area contributed by atoms with Gasteiger partial charge in [0, 0.05) is 10.2 Å². The van der Waals surface area contributed by atoms with Crippen molar-refractivity contribution < 1.29 is 5.11 Å². The summed E-state index contributed by atoms with van der Waals surface area (Å²) >= 11 is 3.59. The molecule has 0 spiro atoms. The van der Waals surface area contributed by atoms with E-state index in [1.54, 1.807) is 0 Å². The molecule has 1 aliphatic carbocycles. The fourth-order valence-corrected chi connectivity index (χ4v) is 3.84. The number of halogens is 1. The molecule has 19 heavy (non-hydrogen) atoms. The predicted molar refractivity (Wildman–Crippen MR) is 84.4 cm³/mol. The topological polar surface area (TPSA) is 32.3 Å². The number of hydrogen-bond acceptors (Lipinski definition) is 2. The van der Waals surface area contributed by atoms with Gasteiger partial charge in [-0.1, -0.05) is 38.8 Å². The molecule has 1 aliphatic rings. The molecule has 2 atom stereocenters. The SMILES string of the molecule is CC(C)C1CCCCC1(CO)Nc1ccccc1Br. The summed E-state index contributed by atoms with van der Waals surface area (Å²) in [5.41, 5.74) is 0.917. The highest BCUT2D eigenvalue weighted by Crippen LogP contribution is 2.41. The number of aliphatic hydroxyl groups excluding tert-OH is 1. The fraction of sp³-hybridized carbons (Fsp3) is 0.625. The number of rotatable bonds is 4. The predicted octanol–water partition coefficient (Wildman–Crippen LogP) is 4.44. The Morgan fingerprint density at radius 2 is 2.11 bits per heavy atom. The summed E-state index contributed by atoms with van der Waals surface area (Å²) in [6.45, 7) is 4.74. The van der Waals surface area contributed by atoms with E-state index in [2.05, 4.69) is 41.2 Å². The Hall–Kier alpha value is -0.540. The molecule has 1 fully saturated rings. The van der Waals surface area contributed by atoms with Crippen molar-refractivity contribution in [1.82, 2.24) is 0 Å². The summed E-state index contributed by atoms with van der Waals surface area (Å²) in [5.74, 6) is 1.11. The Morgan fingerprint density at radius 3 is 2.74 bits per heavy atom. The van der Waals surface area contributed by atoms with Gasteiger partial charge in [-0.15, -0.1) is 0 Å². The highest BCUT2D eigenvalue weighted by atomic mass is 79.9. The second-order valence-corrected chi connectivity index (χ2v) is 6.87. The van der Waals surface area contributed by atoms with Gasteiger partial charge < -0.3 is 10.4 Å². The second-order valence-electron chi connectivity index (χ2n) is 6.02. The van der Waals surface area contributed by atoms with E-state index >= 15 is 0 Å². The van der Waals surface area contributed by atoms with E-state index < -0.39 is 0 Å². The Labute approximate surface area is 124 Å². The van der Waals surface area contributed by atoms with Gasteiger partial charge in [-0.2, -0.15) is 0 Å². The minimum absolute atomic E-state index is 0.170. The first kappa shape index (κ1) is 14.9. The Bertz CT molecular complexity index is 421. The van der Waals surface area contributed by atoms with Crippen LogP contribution in [0.5, 0.6) is 0 Å². The van der Waals surface area contributed by atoms with Crippen LogP contribution < -0.4 is 5.32 Å². The van der Waals surface area contributed by atoms with Crippen LogP contribution in [0.25, 0.3) is 0 Å². The van der Waals surface area contributed by atoms with E-state index in [-0.39, 0.29) is 12.1 Å². The van der Waals surface area contributed by atoms with E-state index in [0.717, 1.165) is 16.6 Å². The van der Waals surface area contributed by atoms with Crippen molar-refractivity contribution in [2.75, 3.05) is 11.9 Å². The lowest BCUT2D eigenvalue weighted by Gasteiger charge is -2.46. The third-order valence-corrected chi connectivity index (χ3v) is 5.13. The van der Waals surface area contributed by atoms with Gasteiger partial charge in [0.2, 0.25) is 0 Å². The van der Waals surface area contributed by atoms with Crippen LogP contribution in [0.4, 0.5) is 5.69 Å². The molecule has 0 radical (unpaired) electrons. The molecule has 0 aliphatic heterocycles. The van der Waals surface area contributed by atoms with Gasteiger partial charge in [-0.05, 0) is 52.7 Å². The summed E-state index contributed by atoms with van der Waals surface area (Å²) < 4.78 is 1.07. The number of hydrogen-bond donors (Lipinski definition) is 2. The average Bonchev–Trinajstić information content (AvgIpc) is 2.41. The molecule has 1 aromatic carbocycles. The quantitative estimate of drug-likeness (QED) is 0.857. The van der Waals surface area contributed by atoms with Gasteiger partial charge in [0.25, 0.3) is 0 Å². The van der Waals surface area contributed by atoms with Crippen LogP contribution in [0.1, 0.15) is 39.5 Å². The average molecular weight is 326 g/mol. The number of benzene rings is 1. The monoisotopic (exact) mass is 325 g/mol. The van der Waals surface area contributed by atoms with E-state index in [1.807, 2.05) is 18.2 Å². The van der Waals surface area contributed by atoms with Crippen molar-refractivity contribution in [3.05, 3.63) is 28.7 Å². The van der Waals surface area contributed by atoms with E-state index in [4.69, 9.17) is 0 Å². The lowest BCUT2D eigenvalue weighted by Crippen LogP contribution is -2.52. The van der Waals surface area contributed by atoms with Crippen molar-refractivity contribution >= 4 is 21.6 Å². The molecule has 1 aromatic rings. The largest absolute Gasteiger partial charge is 0.394 e. The molecule has 0 amide bonds. The van der Waals surface area contributed by atoms with Crippen molar-refractivity contribution in [2.45, 2.75) is 45.1 Å². The Morgan fingerprint density at radius 1 is 1.37 bits per heavy atom. The lowest BCUT2D eigenvalue weighted by atomic mass is 9.68. The minimum atomic E-state index is -0.170. The van der Waals surface area contributed by atoms with Crippen molar-refractivity contribution in [2.24, 2.45) is 11.8 Å². The smallest absolute Gasteiger partial charge is 0.0664 e. The van der Waals surface area contributed by atoms with Crippen LogP contribution in [0.3, 0.4) is 0 Å². The van der Waals surface area contributed by atoms with Crippen molar-refractivity contribution in [1.29, 1.82) is 0 Å². The van der Waals surface area contributed by atoms with Crippen molar-refractivity contribution in [3.63, 3.8) is 0 Å². The second kappa shape index (κ2) is 6.27. The van der Waals surface area contributed by atoms with Crippen LogP contribution in [0.15, 0.2) is 28.7 Å². The fourth-order valence-electron chi connectivity index (χ4n) is 3.46. The van der Waals surface area contributed by atoms with Crippen molar-refractivity contribution in [3.8, 4) is 0 Å². The van der Waals surface area contributed by atoms with Crippen LogP contribution in [-0.2, 0) is 0 Å². The molecule has 106 valence electrons.